The minimum atomic E-state index is 0.275. The fourth-order valence-corrected chi connectivity index (χ4v) is 0.985. The Bertz CT molecular complexity index is 237. The molecule has 0 aliphatic heterocycles. The van der Waals surface area contributed by atoms with Crippen LogP contribution < -0.4 is 5.73 Å². The van der Waals surface area contributed by atoms with Crippen LogP contribution in [0.25, 0.3) is 0 Å². The molecule has 0 saturated carbocycles. The maximum Gasteiger partial charge on any atom is 0.132 e. The summed E-state index contributed by atoms with van der Waals surface area (Å²) in [5, 5.41) is 0.729. The van der Waals surface area contributed by atoms with Crippen LogP contribution in [0.5, 0.6) is 0 Å². The monoisotopic (exact) mass is 175 g/mol. The van der Waals surface area contributed by atoms with Crippen LogP contribution >= 0.6 is 23.2 Å². The molecule has 4 heteroatoms. The molecule has 1 radical (unpaired) electrons. The van der Waals surface area contributed by atoms with Crippen LogP contribution in [-0.2, 0) is 0 Å². The number of aromatic nitrogens is 1. The fourth-order valence-electron chi connectivity index (χ4n) is 0.529. The lowest BCUT2D eigenvalue weighted by atomic mass is 10.3. The van der Waals surface area contributed by atoms with E-state index in [0.717, 1.165) is 0 Å². The van der Waals surface area contributed by atoms with Gasteiger partial charge in [-0.1, -0.05) is 23.2 Å². The molecule has 0 aliphatic rings. The van der Waals surface area contributed by atoms with Crippen molar-refractivity contribution < 1.29 is 0 Å². The van der Waals surface area contributed by atoms with Gasteiger partial charge in [-0.05, 0) is 13.0 Å². The van der Waals surface area contributed by atoms with Crippen LogP contribution in [0, 0.1) is 6.92 Å². The maximum absolute atomic E-state index is 5.65. The number of pyridine rings is 1. The molecule has 1 rings (SSSR count). The van der Waals surface area contributed by atoms with Crippen molar-refractivity contribution in [2.45, 2.75) is 0 Å². The van der Waals surface area contributed by atoms with E-state index in [1.165, 1.54) is 6.07 Å². The molecule has 2 nitrogen and oxygen atoms in total. The summed E-state index contributed by atoms with van der Waals surface area (Å²) in [5.41, 5.74) is 5.90. The highest BCUT2D eigenvalue weighted by atomic mass is 35.5. The van der Waals surface area contributed by atoms with E-state index in [1.807, 2.05) is 0 Å². The third-order valence-corrected chi connectivity index (χ3v) is 1.60. The number of anilines is 1. The summed E-state index contributed by atoms with van der Waals surface area (Å²) in [6, 6.07) is 1.50. The molecule has 0 amide bonds. The minimum absolute atomic E-state index is 0.275. The second-order valence-electron chi connectivity index (χ2n) is 1.79. The Hall–Kier alpha value is -0.470. The third kappa shape index (κ3) is 1.33. The molecule has 0 aliphatic carbocycles. The van der Waals surface area contributed by atoms with Crippen LogP contribution in [0.1, 0.15) is 5.56 Å². The summed E-state index contributed by atoms with van der Waals surface area (Å²) in [6.45, 7) is 3.58. The second kappa shape index (κ2) is 2.64. The lowest BCUT2D eigenvalue weighted by Gasteiger charge is -2.00. The number of hydrogen-bond donors (Lipinski definition) is 1. The molecule has 1 aromatic heterocycles. The van der Waals surface area contributed by atoms with Gasteiger partial charge in [0, 0.05) is 5.56 Å². The Morgan fingerprint density at radius 3 is 2.60 bits per heavy atom. The highest BCUT2D eigenvalue weighted by Gasteiger charge is 2.01. The number of nitrogens with zero attached hydrogens (tertiary/aromatic N) is 1. The van der Waals surface area contributed by atoms with Crippen LogP contribution in [0.3, 0.4) is 0 Å². The predicted molar refractivity (Wildman–Crippen MR) is 43.1 cm³/mol. The first kappa shape index (κ1) is 7.63. The molecule has 0 unspecified atom stereocenters. The van der Waals surface area contributed by atoms with Gasteiger partial charge in [-0.2, -0.15) is 0 Å². The molecule has 53 valence electrons. The van der Waals surface area contributed by atoms with Gasteiger partial charge < -0.3 is 5.73 Å². The zero-order valence-corrected chi connectivity index (χ0v) is 6.58. The van der Waals surface area contributed by atoms with Crippen LogP contribution in [0.4, 0.5) is 5.82 Å². The van der Waals surface area contributed by atoms with Crippen molar-refractivity contribution in [1.82, 2.24) is 4.98 Å². The number of rotatable bonds is 0. The van der Waals surface area contributed by atoms with E-state index >= 15 is 0 Å². The number of halogens is 2. The van der Waals surface area contributed by atoms with Gasteiger partial charge in [-0.15, -0.1) is 0 Å². The zero-order valence-electron chi connectivity index (χ0n) is 5.06. The van der Waals surface area contributed by atoms with Crippen molar-refractivity contribution in [3.63, 3.8) is 0 Å². The standard InChI is InChI=1S/C6H5Cl2N2/c1-3-4(7)2-5(8)10-6(3)9/h2H,1H2,(H2,9,10). The molecule has 10 heavy (non-hydrogen) atoms. The Morgan fingerprint density at radius 2 is 2.10 bits per heavy atom. The SMILES string of the molecule is [CH2]c1c(Cl)cc(Cl)nc1N. The van der Waals surface area contributed by atoms with Crippen molar-refractivity contribution in [2.75, 3.05) is 5.73 Å². The molecular weight excluding hydrogens is 171 g/mol. The van der Waals surface area contributed by atoms with E-state index in [9.17, 15) is 0 Å². The quantitative estimate of drug-likeness (QED) is 0.615. The van der Waals surface area contributed by atoms with E-state index in [1.54, 1.807) is 0 Å². The Labute approximate surface area is 69.0 Å². The smallest absolute Gasteiger partial charge is 0.132 e. The summed E-state index contributed by atoms with van der Waals surface area (Å²) in [4.78, 5) is 3.73. The third-order valence-electron chi connectivity index (χ3n) is 1.07. The predicted octanol–water partition coefficient (Wildman–Crippen LogP) is 2.15. The van der Waals surface area contributed by atoms with E-state index in [0.29, 0.717) is 10.6 Å². The van der Waals surface area contributed by atoms with E-state index in [2.05, 4.69) is 11.9 Å². The number of nitrogens with two attached hydrogens (primary N) is 1. The normalized spacial score (nSPS) is 9.90. The van der Waals surface area contributed by atoms with Crippen molar-refractivity contribution in [1.29, 1.82) is 0 Å². The first-order valence-electron chi connectivity index (χ1n) is 2.54. The fraction of sp³-hybridized carbons (Fsp3) is 0. The van der Waals surface area contributed by atoms with Crippen molar-refractivity contribution in [3.8, 4) is 0 Å². The van der Waals surface area contributed by atoms with Gasteiger partial charge in [0.05, 0.1) is 5.02 Å². The first-order valence-corrected chi connectivity index (χ1v) is 3.30. The summed E-state index contributed by atoms with van der Waals surface area (Å²) in [6.07, 6.45) is 0. The Kier molecular flexibility index (Phi) is 2.02. The molecule has 2 N–H and O–H groups in total. The summed E-state index contributed by atoms with van der Waals surface area (Å²) in [5.74, 6) is 0.275. The van der Waals surface area contributed by atoms with Gasteiger partial charge in [0.1, 0.15) is 11.0 Å². The zero-order chi connectivity index (χ0) is 7.72. The highest BCUT2D eigenvalue weighted by molar-refractivity contribution is 6.34. The number of hydrogen-bond acceptors (Lipinski definition) is 2. The van der Waals surface area contributed by atoms with Gasteiger partial charge >= 0.3 is 0 Å². The van der Waals surface area contributed by atoms with Crippen LogP contribution in [-0.4, -0.2) is 4.98 Å². The molecule has 0 bridgehead atoms. The van der Waals surface area contributed by atoms with E-state index in [4.69, 9.17) is 28.9 Å². The average molecular weight is 176 g/mol. The number of nitrogen functional groups attached to an aromatic ring is 1. The lowest BCUT2D eigenvalue weighted by molar-refractivity contribution is 1.31. The second-order valence-corrected chi connectivity index (χ2v) is 2.59. The van der Waals surface area contributed by atoms with Gasteiger partial charge in [0.25, 0.3) is 0 Å². The van der Waals surface area contributed by atoms with Crippen LogP contribution in [0.15, 0.2) is 6.07 Å². The molecule has 0 aromatic carbocycles. The highest BCUT2D eigenvalue weighted by Crippen LogP contribution is 2.22. The summed E-state index contributed by atoms with van der Waals surface area (Å²) >= 11 is 11.2. The molecule has 0 spiro atoms. The minimum Gasteiger partial charge on any atom is -0.383 e. The van der Waals surface area contributed by atoms with Crippen LogP contribution in [0.2, 0.25) is 10.2 Å². The van der Waals surface area contributed by atoms with Crippen molar-refractivity contribution in [2.24, 2.45) is 0 Å². The van der Waals surface area contributed by atoms with E-state index in [-0.39, 0.29) is 11.0 Å². The maximum atomic E-state index is 5.65. The lowest BCUT2D eigenvalue weighted by Crippen LogP contribution is -1.94. The van der Waals surface area contributed by atoms with E-state index < -0.39 is 0 Å². The summed E-state index contributed by atoms with van der Waals surface area (Å²) in [7, 11) is 0. The largest absolute Gasteiger partial charge is 0.383 e. The molecule has 0 atom stereocenters. The van der Waals surface area contributed by atoms with Gasteiger partial charge in [0.15, 0.2) is 0 Å². The van der Waals surface area contributed by atoms with Crippen molar-refractivity contribution in [3.05, 3.63) is 28.7 Å². The molecular formula is C6H5Cl2N2. The molecule has 1 aromatic rings. The molecule has 0 saturated heterocycles. The average Bonchev–Trinajstić information content (AvgIpc) is 1.82. The molecule has 1 heterocycles. The van der Waals surface area contributed by atoms with Gasteiger partial charge in [-0.25, -0.2) is 4.98 Å². The topological polar surface area (TPSA) is 38.9 Å². The van der Waals surface area contributed by atoms with Gasteiger partial charge in [-0.3, -0.25) is 0 Å². The first-order chi connectivity index (χ1) is 4.61. The summed E-state index contributed by atoms with van der Waals surface area (Å²) < 4.78 is 0. The molecule has 0 fully saturated rings. The Balaban J connectivity index is 3.31. The Morgan fingerprint density at radius 1 is 1.50 bits per heavy atom. The van der Waals surface area contributed by atoms with Crippen molar-refractivity contribution >= 4 is 29.0 Å². The van der Waals surface area contributed by atoms with Gasteiger partial charge in [0.2, 0.25) is 0 Å².